The van der Waals surface area contributed by atoms with Crippen LogP contribution in [0, 0.1) is 5.92 Å². The zero-order valence-electron chi connectivity index (χ0n) is 7.69. The van der Waals surface area contributed by atoms with E-state index in [-0.39, 0.29) is 0 Å². The van der Waals surface area contributed by atoms with Gasteiger partial charge in [-0.3, -0.25) is 0 Å². The Morgan fingerprint density at radius 2 is 2.27 bits per heavy atom. The SMILES string of the molecule is CCCCCC=C=C1CC1C. The van der Waals surface area contributed by atoms with Crippen LogP contribution < -0.4 is 0 Å². The van der Waals surface area contributed by atoms with Crippen LogP contribution in [0.5, 0.6) is 0 Å². The fraction of sp³-hybridized carbons (Fsp3) is 0.727. The third kappa shape index (κ3) is 3.43. The Hall–Kier alpha value is -0.480. The van der Waals surface area contributed by atoms with Gasteiger partial charge in [-0.15, -0.1) is 5.73 Å². The molecular formula is C11H18. The normalized spacial score (nSPS) is 21.3. The van der Waals surface area contributed by atoms with E-state index in [1.54, 1.807) is 0 Å². The average Bonchev–Trinajstić information content (AvgIpc) is 2.67. The zero-order valence-corrected chi connectivity index (χ0v) is 7.69. The van der Waals surface area contributed by atoms with Crippen molar-refractivity contribution in [2.75, 3.05) is 0 Å². The second-order valence-electron chi connectivity index (χ2n) is 3.47. The minimum atomic E-state index is 0.845. The molecule has 1 rings (SSSR count). The molecule has 0 heterocycles. The van der Waals surface area contributed by atoms with Crippen molar-refractivity contribution in [3.05, 3.63) is 17.4 Å². The Bertz CT molecular complexity index is 170. The molecule has 0 aromatic rings. The van der Waals surface area contributed by atoms with Crippen LogP contribution in [-0.4, -0.2) is 0 Å². The lowest BCUT2D eigenvalue weighted by atomic mass is 10.2. The lowest BCUT2D eigenvalue weighted by Crippen LogP contribution is -1.68. The number of rotatable bonds is 4. The number of hydrogen-bond acceptors (Lipinski definition) is 0. The van der Waals surface area contributed by atoms with Crippen molar-refractivity contribution in [3.8, 4) is 0 Å². The van der Waals surface area contributed by atoms with E-state index < -0.39 is 0 Å². The number of hydrogen-bond donors (Lipinski definition) is 0. The van der Waals surface area contributed by atoms with Gasteiger partial charge in [0.25, 0.3) is 0 Å². The van der Waals surface area contributed by atoms with Crippen molar-refractivity contribution in [1.29, 1.82) is 0 Å². The molecule has 0 spiro atoms. The van der Waals surface area contributed by atoms with Crippen LogP contribution in [0.2, 0.25) is 0 Å². The molecule has 11 heavy (non-hydrogen) atoms. The molecule has 0 aromatic heterocycles. The monoisotopic (exact) mass is 150 g/mol. The highest BCUT2D eigenvalue weighted by Gasteiger charge is 2.22. The topological polar surface area (TPSA) is 0 Å². The van der Waals surface area contributed by atoms with Crippen LogP contribution in [-0.2, 0) is 0 Å². The van der Waals surface area contributed by atoms with Gasteiger partial charge in [-0.05, 0) is 36.8 Å². The first kappa shape index (κ1) is 8.62. The molecule has 0 aliphatic heterocycles. The van der Waals surface area contributed by atoms with Crippen molar-refractivity contribution in [2.24, 2.45) is 5.92 Å². The average molecular weight is 150 g/mol. The highest BCUT2D eigenvalue weighted by atomic mass is 14.3. The van der Waals surface area contributed by atoms with Crippen LogP contribution in [0.1, 0.15) is 46.0 Å². The van der Waals surface area contributed by atoms with Crippen molar-refractivity contribution in [1.82, 2.24) is 0 Å². The molecule has 0 nitrogen and oxygen atoms in total. The summed E-state index contributed by atoms with van der Waals surface area (Å²) in [6.07, 6.45) is 8.76. The van der Waals surface area contributed by atoms with Gasteiger partial charge in [0.05, 0.1) is 0 Å². The Morgan fingerprint density at radius 3 is 2.82 bits per heavy atom. The van der Waals surface area contributed by atoms with Crippen molar-refractivity contribution in [2.45, 2.75) is 46.0 Å². The summed E-state index contributed by atoms with van der Waals surface area (Å²) in [4.78, 5) is 0. The maximum absolute atomic E-state index is 3.36. The molecule has 1 aliphatic rings. The summed E-state index contributed by atoms with van der Waals surface area (Å²) in [5, 5.41) is 0. The van der Waals surface area contributed by atoms with Crippen LogP contribution in [0.25, 0.3) is 0 Å². The van der Waals surface area contributed by atoms with Crippen LogP contribution in [0.4, 0.5) is 0 Å². The summed E-state index contributed by atoms with van der Waals surface area (Å²) in [7, 11) is 0. The molecule has 0 N–H and O–H groups in total. The van der Waals surface area contributed by atoms with E-state index in [0.29, 0.717) is 0 Å². The van der Waals surface area contributed by atoms with Gasteiger partial charge < -0.3 is 0 Å². The number of unbranched alkanes of at least 4 members (excludes halogenated alkanes) is 3. The molecule has 0 radical (unpaired) electrons. The second-order valence-corrected chi connectivity index (χ2v) is 3.47. The minimum Gasteiger partial charge on any atom is -0.126 e. The van der Waals surface area contributed by atoms with Gasteiger partial charge in [-0.25, -0.2) is 0 Å². The molecule has 0 aromatic carbocycles. The van der Waals surface area contributed by atoms with E-state index in [4.69, 9.17) is 0 Å². The molecule has 0 heteroatoms. The fourth-order valence-electron chi connectivity index (χ4n) is 1.17. The van der Waals surface area contributed by atoms with Crippen LogP contribution >= 0.6 is 0 Å². The van der Waals surface area contributed by atoms with Gasteiger partial charge in [0, 0.05) is 0 Å². The molecule has 1 fully saturated rings. The lowest BCUT2D eigenvalue weighted by Gasteiger charge is -1.88. The van der Waals surface area contributed by atoms with Crippen LogP contribution in [0.15, 0.2) is 17.4 Å². The lowest BCUT2D eigenvalue weighted by molar-refractivity contribution is 0.729. The Morgan fingerprint density at radius 1 is 1.55 bits per heavy atom. The first-order valence-electron chi connectivity index (χ1n) is 4.78. The predicted molar refractivity (Wildman–Crippen MR) is 49.5 cm³/mol. The largest absolute Gasteiger partial charge is 0.126 e. The van der Waals surface area contributed by atoms with Gasteiger partial charge in [0.2, 0.25) is 0 Å². The van der Waals surface area contributed by atoms with Gasteiger partial charge in [-0.1, -0.05) is 26.7 Å². The van der Waals surface area contributed by atoms with Gasteiger partial charge >= 0.3 is 0 Å². The Labute approximate surface area is 70.0 Å². The summed E-state index contributed by atoms with van der Waals surface area (Å²) in [6.45, 7) is 4.51. The van der Waals surface area contributed by atoms with Crippen molar-refractivity contribution >= 4 is 0 Å². The summed E-state index contributed by atoms with van der Waals surface area (Å²) in [6, 6.07) is 0. The van der Waals surface area contributed by atoms with Gasteiger partial charge in [-0.2, -0.15) is 0 Å². The zero-order chi connectivity index (χ0) is 8.10. The molecular weight excluding hydrogens is 132 g/mol. The number of allylic oxidation sites excluding steroid dienone is 1. The van der Waals surface area contributed by atoms with Crippen molar-refractivity contribution < 1.29 is 0 Å². The van der Waals surface area contributed by atoms with E-state index in [1.165, 1.54) is 37.7 Å². The summed E-state index contributed by atoms with van der Waals surface area (Å²) < 4.78 is 0. The van der Waals surface area contributed by atoms with E-state index in [9.17, 15) is 0 Å². The van der Waals surface area contributed by atoms with Crippen LogP contribution in [0.3, 0.4) is 0 Å². The second kappa shape index (κ2) is 4.41. The van der Waals surface area contributed by atoms with Gasteiger partial charge in [0.15, 0.2) is 0 Å². The minimum absolute atomic E-state index is 0.845. The maximum atomic E-state index is 3.36. The molecule has 1 atom stereocenters. The first-order chi connectivity index (χ1) is 5.34. The third-order valence-electron chi connectivity index (χ3n) is 2.20. The third-order valence-corrected chi connectivity index (χ3v) is 2.20. The molecule has 1 unspecified atom stereocenters. The van der Waals surface area contributed by atoms with E-state index in [2.05, 4.69) is 25.7 Å². The summed E-state index contributed by atoms with van der Waals surface area (Å²) in [5.41, 5.74) is 4.89. The first-order valence-corrected chi connectivity index (χ1v) is 4.78. The highest BCUT2D eigenvalue weighted by Crippen LogP contribution is 2.35. The summed E-state index contributed by atoms with van der Waals surface area (Å²) in [5.74, 6) is 0.845. The standard InChI is InChI=1S/C11H18/c1-3-4-5-6-7-8-11-9-10(11)2/h7,10H,3-6,9H2,1-2H3. The highest BCUT2D eigenvalue weighted by molar-refractivity contribution is 5.20. The van der Waals surface area contributed by atoms with E-state index >= 15 is 0 Å². The molecule has 62 valence electrons. The van der Waals surface area contributed by atoms with Gasteiger partial charge in [0.1, 0.15) is 0 Å². The Balaban J connectivity index is 2.07. The molecule has 1 aliphatic carbocycles. The molecule has 1 saturated carbocycles. The summed E-state index contributed by atoms with van der Waals surface area (Å²) >= 11 is 0. The molecule has 0 saturated heterocycles. The van der Waals surface area contributed by atoms with Crippen molar-refractivity contribution in [3.63, 3.8) is 0 Å². The van der Waals surface area contributed by atoms with E-state index in [0.717, 1.165) is 5.92 Å². The smallest absolute Gasteiger partial charge is 0.0112 e. The van der Waals surface area contributed by atoms with E-state index in [1.807, 2.05) is 0 Å². The predicted octanol–water partition coefficient (Wildman–Crippen LogP) is 3.69. The maximum Gasteiger partial charge on any atom is -0.0112 e. The Kier molecular flexibility index (Phi) is 3.45. The molecule has 0 bridgehead atoms. The molecule has 0 amide bonds. The fourth-order valence-corrected chi connectivity index (χ4v) is 1.17. The quantitative estimate of drug-likeness (QED) is 0.423.